The molecule has 94 valence electrons. The summed E-state index contributed by atoms with van der Waals surface area (Å²) in [6.07, 6.45) is 4.18. The van der Waals surface area contributed by atoms with Gasteiger partial charge in [0.25, 0.3) is 0 Å². The summed E-state index contributed by atoms with van der Waals surface area (Å²) in [6.45, 7) is 2.24. The lowest BCUT2D eigenvalue weighted by Crippen LogP contribution is -2.30. The molecule has 1 fully saturated rings. The van der Waals surface area contributed by atoms with Crippen LogP contribution in [-0.2, 0) is 6.42 Å². The highest BCUT2D eigenvalue weighted by Gasteiger charge is 2.26. The summed E-state index contributed by atoms with van der Waals surface area (Å²) in [7, 11) is 0. The van der Waals surface area contributed by atoms with E-state index in [1.54, 1.807) is 6.07 Å². The minimum absolute atomic E-state index is 0.0600. The Morgan fingerprint density at radius 3 is 2.65 bits per heavy atom. The van der Waals surface area contributed by atoms with Gasteiger partial charge < -0.3 is 5.73 Å². The Bertz CT molecular complexity index is 392. The maximum Gasteiger partial charge on any atom is 0.159 e. The molecule has 0 radical (unpaired) electrons. The molecule has 1 aliphatic carbocycles. The summed E-state index contributed by atoms with van der Waals surface area (Å²) < 4.78 is 25.8. The second-order valence-corrected chi connectivity index (χ2v) is 5.29. The zero-order chi connectivity index (χ0) is 12.4. The Labute approximate surface area is 101 Å². The molecule has 0 aliphatic heterocycles. The quantitative estimate of drug-likeness (QED) is 0.860. The van der Waals surface area contributed by atoms with Crippen molar-refractivity contribution >= 4 is 0 Å². The standard InChI is InChI=1S/C14H19F2N/c1-9-2-4-11(6-9)14(17)8-10-3-5-12(15)13(16)7-10/h3,5,7,9,11,14H,2,4,6,8,17H2,1H3. The van der Waals surface area contributed by atoms with E-state index in [4.69, 9.17) is 5.73 Å². The minimum atomic E-state index is -0.795. The van der Waals surface area contributed by atoms with Gasteiger partial charge in [-0.3, -0.25) is 0 Å². The SMILES string of the molecule is CC1CCC(C(N)Cc2ccc(F)c(F)c2)C1. The lowest BCUT2D eigenvalue weighted by molar-refractivity contribution is 0.414. The van der Waals surface area contributed by atoms with E-state index >= 15 is 0 Å². The molecule has 17 heavy (non-hydrogen) atoms. The van der Waals surface area contributed by atoms with Gasteiger partial charge in [-0.25, -0.2) is 8.78 Å². The van der Waals surface area contributed by atoms with Crippen molar-refractivity contribution in [3.8, 4) is 0 Å². The van der Waals surface area contributed by atoms with Gasteiger partial charge in [-0.05, 0) is 48.8 Å². The molecule has 0 aromatic heterocycles. The highest BCUT2D eigenvalue weighted by molar-refractivity contribution is 5.19. The van der Waals surface area contributed by atoms with Gasteiger partial charge in [0, 0.05) is 6.04 Å². The molecule has 2 N–H and O–H groups in total. The molecule has 1 aliphatic rings. The summed E-state index contributed by atoms with van der Waals surface area (Å²) in [5, 5.41) is 0. The first-order valence-electron chi connectivity index (χ1n) is 6.25. The molecule has 3 unspecified atom stereocenters. The van der Waals surface area contributed by atoms with Gasteiger partial charge in [0.15, 0.2) is 11.6 Å². The van der Waals surface area contributed by atoms with Gasteiger partial charge in [0.05, 0.1) is 0 Å². The summed E-state index contributed by atoms with van der Waals surface area (Å²) in [4.78, 5) is 0. The number of hydrogen-bond acceptors (Lipinski definition) is 1. The van der Waals surface area contributed by atoms with E-state index in [9.17, 15) is 8.78 Å². The Balaban J connectivity index is 1.98. The highest BCUT2D eigenvalue weighted by Crippen LogP contribution is 2.32. The first kappa shape index (κ1) is 12.5. The van der Waals surface area contributed by atoms with Gasteiger partial charge in [-0.2, -0.15) is 0 Å². The third-order valence-electron chi connectivity index (χ3n) is 3.80. The van der Waals surface area contributed by atoms with Crippen LogP contribution < -0.4 is 5.73 Å². The van der Waals surface area contributed by atoms with E-state index in [-0.39, 0.29) is 6.04 Å². The average molecular weight is 239 g/mol. The largest absolute Gasteiger partial charge is 0.327 e. The first-order chi connectivity index (χ1) is 8.06. The fourth-order valence-electron chi connectivity index (χ4n) is 2.75. The molecule has 0 saturated heterocycles. The molecule has 0 spiro atoms. The molecule has 1 saturated carbocycles. The van der Waals surface area contributed by atoms with Crippen LogP contribution in [0.5, 0.6) is 0 Å². The maximum atomic E-state index is 13.1. The van der Waals surface area contributed by atoms with Crippen molar-refractivity contribution in [2.45, 2.75) is 38.6 Å². The van der Waals surface area contributed by atoms with Crippen LogP contribution in [0, 0.1) is 23.5 Å². The Kier molecular flexibility index (Phi) is 3.77. The van der Waals surface area contributed by atoms with E-state index in [0.717, 1.165) is 24.3 Å². The molecule has 0 heterocycles. The first-order valence-corrected chi connectivity index (χ1v) is 6.25. The minimum Gasteiger partial charge on any atom is -0.327 e. The van der Waals surface area contributed by atoms with E-state index in [1.165, 1.54) is 18.6 Å². The predicted molar refractivity (Wildman–Crippen MR) is 64.5 cm³/mol. The van der Waals surface area contributed by atoms with Crippen molar-refractivity contribution in [2.24, 2.45) is 17.6 Å². The zero-order valence-corrected chi connectivity index (χ0v) is 10.1. The van der Waals surface area contributed by atoms with Crippen LogP contribution in [0.2, 0.25) is 0 Å². The van der Waals surface area contributed by atoms with Crippen molar-refractivity contribution < 1.29 is 8.78 Å². The summed E-state index contributed by atoms with van der Waals surface area (Å²) in [5.41, 5.74) is 6.93. The molecule has 3 atom stereocenters. The van der Waals surface area contributed by atoms with Gasteiger partial charge in [-0.1, -0.05) is 19.4 Å². The molecule has 1 nitrogen and oxygen atoms in total. The van der Waals surface area contributed by atoms with Crippen LogP contribution in [0.3, 0.4) is 0 Å². The fraction of sp³-hybridized carbons (Fsp3) is 0.571. The van der Waals surface area contributed by atoms with Crippen LogP contribution in [0.25, 0.3) is 0 Å². The zero-order valence-electron chi connectivity index (χ0n) is 10.1. The van der Waals surface area contributed by atoms with Gasteiger partial charge in [0.2, 0.25) is 0 Å². The van der Waals surface area contributed by atoms with Crippen LogP contribution in [-0.4, -0.2) is 6.04 Å². The molecular weight excluding hydrogens is 220 g/mol. The topological polar surface area (TPSA) is 26.0 Å². The third kappa shape index (κ3) is 3.03. The van der Waals surface area contributed by atoms with Crippen molar-refractivity contribution in [3.05, 3.63) is 35.4 Å². The number of hydrogen-bond donors (Lipinski definition) is 1. The average Bonchev–Trinajstić information content (AvgIpc) is 2.70. The maximum absolute atomic E-state index is 13.1. The molecule has 1 aromatic rings. The number of nitrogens with two attached hydrogens (primary N) is 1. The van der Waals surface area contributed by atoms with E-state index < -0.39 is 11.6 Å². The Morgan fingerprint density at radius 1 is 1.29 bits per heavy atom. The monoisotopic (exact) mass is 239 g/mol. The van der Waals surface area contributed by atoms with Gasteiger partial charge >= 0.3 is 0 Å². The summed E-state index contributed by atoms with van der Waals surface area (Å²) in [5.74, 6) is -0.305. The van der Waals surface area contributed by atoms with Crippen LogP contribution in [0.4, 0.5) is 8.78 Å². The normalized spacial score (nSPS) is 26.1. The Morgan fingerprint density at radius 2 is 2.06 bits per heavy atom. The highest BCUT2D eigenvalue weighted by atomic mass is 19.2. The van der Waals surface area contributed by atoms with Gasteiger partial charge in [-0.15, -0.1) is 0 Å². The summed E-state index contributed by atoms with van der Waals surface area (Å²) >= 11 is 0. The van der Waals surface area contributed by atoms with E-state index in [1.807, 2.05) is 0 Å². The summed E-state index contributed by atoms with van der Waals surface area (Å²) in [6, 6.07) is 4.11. The lowest BCUT2D eigenvalue weighted by atomic mass is 9.92. The van der Waals surface area contributed by atoms with Gasteiger partial charge in [0.1, 0.15) is 0 Å². The second-order valence-electron chi connectivity index (χ2n) is 5.29. The number of benzene rings is 1. The van der Waals surface area contributed by atoms with Crippen molar-refractivity contribution in [2.75, 3.05) is 0 Å². The smallest absolute Gasteiger partial charge is 0.159 e. The molecule has 3 heteroatoms. The lowest BCUT2D eigenvalue weighted by Gasteiger charge is -2.19. The molecule has 0 amide bonds. The molecule has 0 bridgehead atoms. The van der Waals surface area contributed by atoms with Crippen molar-refractivity contribution in [1.82, 2.24) is 0 Å². The number of halogens is 2. The molecule has 1 aromatic carbocycles. The van der Waals surface area contributed by atoms with Crippen LogP contribution >= 0.6 is 0 Å². The molecular formula is C14H19F2N. The Hall–Kier alpha value is -0.960. The predicted octanol–water partition coefficient (Wildman–Crippen LogP) is 3.27. The van der Waals surface area contributed by atoms with Crippen molar-refractivity contribution in [3.63, 3.8) is 0 Å². The van der Waals surface area contributed by atoms with Crippen LogP contribution in [0.15, 0.2) is 18.2 Å². The van der Waals surface area contributed by atoms with E-state index in [0.29, 0.717) is 12.3 Å². The molecule has 2 rings (SSSR count). The second kappa shape index (κ2) is 5.13. The third-order valence-corrected chi connectivity index (χ3v) is 3.80. The van der Waals surface area contributed by atoms with E-state index in [2.05, 4.69) is 6.92 Å². The fourth-order valence-corrected chi connectivity index (χ4v) is 2.75. The van der Waals surface area contributed by atoms with Crippen LogP contribution in [0.1, 0.15) is 31.7 Å². The van der Waals surface area contributed by atoms with Crippen molar-refractivity contribution in [1.29, 1.82) is 0 Å². The number of rotatable bonds is 3.